The van der Waals surface area contributed by atoms with E-state index in [0.717, 1.165) is 25.5 Å². The van der Waals surface area contributed by atoms with Crippen LogP contribution in [0.4, 0.5) is 0 Å². The van der Waals surface area contributed by atoms with E-state index in [4.69, 9.17) is 5.84 Å². The quantitative estimate of drug-likeness (QED) is 0.224. The third kappa shape index (κ3) is 5.80. The highest BCUT2D eigenvalue weighted by atomic mass is 15.4. The minimum atomic E-state index is 0.798. The minimum absolute atomic E-state index is 0.798. The SMILES string of the molecule is CCCCN=C(NN)N(C)CCCC. The summed E-state index contributed by atoms with van der Waals surface area (Å²) in [6.45, 7) is 6.20. The van der Waals surface area contributed by atoms with Gasteiger partial charge in [-0.15, -0.1) is 0 Å². The predicted octanol–water partition coefficient (Wildman–Crippen LogP) is 1.34. The minimum Gasteiger partial charge on any atom is -0.345 e. The topological polar surface area (TPSA) is 53.6 Å². The summed E-state index contributed by atoms with van der Waals surface area (Å²) >= 11 is 0. The molecule has 0 aromatic carbocycles. The fourth-order valence-corrected chi connectivity index (χ4v) is 1.12. The third-order valence-electron chi connectivity index (χ3n) is 2.11. The van der Waals surface area contributed by atoms with Crippen molar-refractivity contribution in [2.75, 3.05) is 20.1 Å². The van der Waals surface area contributed by atoms with Crippen LogP contribution in [-0.2, 0) is 0 Å². The van der Waals surface area contributed by atoms with Crippen molar-refractivity contribution in [2.24, 2.45) is 10.8 Å². The Morgan fingerprint density at radius 2 is 1.93 bits per heavy atom. The van der Waals surface area contributed by atoms with Crippen molar-refractivity contribution < 1.29 is 0 Å². The monoisotopic (exact) mass is 200 g/mol. The van der Waals surface area contributed by atoms with E-state index in [-0.39, 0.29) is 0 Å². The lowest BCUT2D eigenvalue weighted by Gasteiger charge is -2.20. The number of rotatable bonds is 6. The van der Waals surface area contributed by atoms with Gasteiger partial charge in [0.2, 0.25) is 5.96 Å². The average Bonchev–Trinajstić information content (AvgIpc) is 2.21. The van der Waals surface area contributed by atoms with Gasteiger partial charge < -0.3 is 4.90 Å². The van der Waals surface area contributed by atoms with E-state index in [0.29, 0.717) is 0 Å². The summed E-state index contributed by atoms with van der Waals surface area (Å²) in [5, 5.41) is 0. The average molecular weight is 200 g/mol. The molecule has 0 saturated heterocycles. The lowest BCUT2D eigenvalue weighted by molar-refractivity contribution is 0.464. The van der Waals surface area contributed by atoms with Crippen molar-refractivity contribution in [1.29, 1.82) is 0 Å². The Bertz CT molecular complexity index is 156. The maximum Gasteiger partial charge on any atom is 0.208 e. The van der Waals surface area contributed by atoms with Crippen molar-refractivity contribution >= 4 is 5.96 Å². The summed E-state index contributed by atoms with van der Waals surface area (Å²) in [6, 6.07) is 0. The van der Waals surface area contributed by atoms with Gasteiger partial charge in [0.15, 0.2) is 0 Å². The number of aliphatic imine (C=N–C) groups is 1. The molecule has 0 rings (SSSR count). The van der Waals surface area contributed by atoms with E-state index in [1.54, 1.807) is 0 Å². The Labute approximate surface area is 87.5 Å². The van der Waals surface area contributed by atoms with E-state index in [2.05, 4.69) is 29.2 Å². The van der Waals surface area contributed by atoms with Crippen LogP contribution in [0.2, 0.25) is 0 Å². The van der Waals surface area contributed by atoms with Gasteiger partial charge in [0, 0.05) is 20.1 Å². The molecular weight excluding hydrogens is 176 g/mol. The molecule has 0 fully saturated rings. The van der Waals surface area contributed by atoms with Gasteiger partial charge in [-0.2, -0.15) is 0 Å². The Kier molecular flexibility index (Phi) is 8.33. The van der Waals surface area contributed by atoms with Crippen LogP contribution in [0.15, 0.2) is 4.99 Å². The van der Waals surface area contributed by atoms with Crippen LogP contribution < -0.4 is 11.3 Å². The first-order valence-corrected chi connectivity index (χ1v) is 5.48. The predicted molar refractivity (Wildman–Crippen MR) is 62.1 cm³/mol. The molecule has 14 heavy (non-hydrogen) atoms. The van der Waals surface area contributed by atoms with Gasteiger partial charge in [-0.3, -0.25) is 10.4 Å². The summed E-state index contributed by atoms with van der Waals surface area (Å²) in [5.41, 5.74) is 2.65. The molecule has 84 valence electrons. The van der Waals surface area contributed by atoms with Crippen LogP contribution in [0.5, 0.6) is 0 Å². The molecule has 0 heterocycles. The highest BCUT2D eigenvalue weighted by molar-refractivity contribution is 5.79. The molecule has 0 spiro atoms. The fourth-order valence-electron chi connectivity index (χ4n) is 1.12. The highest BCUT2D eigenvalue weighted by Crippen LogP contribution is 1.94. The molecular formula is C10H24N4. The fraction of sp³-hybridized carbons (Fsp3) is 0.900. The first kappa shape index (κ1) is 13.2. The summed E-state index contributed by atoms with van der Waals surface area (Å²) < 4.78 is 0. The van der Waals surface area contributed by atoms with E-state index >= 15 is 0 Å². The Balaban J connectivity index is 3.90. The normalized spacial score (nSPS) is 11.6. The molecule has 0 atom stereocenters. The summed E-state index contributed by atoms with van der Waals surface area (Å²) in [4.78, 5) is 6.46. The number of hydrogen-bond donors (Lipinski definition) is 2. The summed E-state index contributed by atoms with van der Waals surface area (Å²) in [6.07, 6.45) is 4.65. The van der Waals surface area contributed by atoms with Crippen LogP contribution in [0.25, 0.3) is 0 Å². The van der Waals surface area contributed by atoms with E-state index in [9.17, 15) is 0 Å². The second-order valence-corrected chi connectivity index (χ2v) is 3.48. The maximum atomic E-state index is 5.41. The second-order valence-electron chi connectivity index (χ2n) is 3.48. The van der Waals surface area contributed by atoms with E-state index < -0.39 is 0 Å². The molecule has 0 amide bonds. The number of nitrogens with two attached hydrogens (primary N) is 1. The molecule has 0 saturated carbocycles. The van der Waals surface area contributed by atoms with Gasteiger partial charge in [-0.05, 0) is 12.8 Å². The Morgan fingerprint density at radius 3 is 2.43 bits per heavy atom. The highest BCUT2D eigenvalue weighted by Gasteiger charge is 2.02. The van der Waals surface area contributed by atoms with E-state index in [1.165, 1.54) is 19.3 Å². The zero-order valence-corrected chi connectivity index (χ0v) is 9.71. The molecule has 0 aromatic rings. The van der Waals surface area contributed by atoms with Crippen LogP contribution in [-0.4, -0.2) is 31.0 Å². The first-order valence-electron chi connectivity index (χ1n) is 5.48. The zero-order chi connectivity index (χ0) is 10.8. The van der Waals surface area contributed by atoms with Crippen molar-refractivity contribution in [3.63, 3.8) is 0 Å². The third-order valence-corrected chi connectivity index (χ3v) is 2.11. The van der Waals surface area contributed by atoms with Crippen molar-refractivity contribution in [1.82, 2.24) is 10.3 Å². The Hall–Kier alpha value is -0.770. The number of hydrogen-bond acceptors (Lipinski definition) is 2. The zero-order valence-electron chi connectivity index (χ0n) is 9.71. The number of nitrogens with one attached hydrogen (secondary N) is 1. The van der Waals surface area contributed by atoms with Crippen LogP contribution in [0.1, 0.15) is 39.5 Å². The van der Waals surface area contributed by atoms with E-state index in [1.807, 2.05) is 7.05 Å². The van der Waals surface area contributed by atoms with Gasteiger partial charge in [0.25, 0.3) is 0 Å². The summed E-state index contributed by atoms with van der Waals surface area (Å²) in [5.74, 6) is 6.20. The molecule has 0 aliphatic carbocycles. The van der Waals surface area contributed by atoms with Gasteiger partial charge in [0.1, 0.15) is 0 Å². The largest absolute Gasteiger partial charge is 0.345 e. The summed E-state index contributed by atoms with van der Waals surface area (Å²) in [7, 11) is 2.01. The maximum absolute atomic E-state index is 5.41. The van der Waals surface area contributed by atoms with Crippen LogP contribution >= 0.6 is 0 Å². The van der Waals surface area contributed by atoms with Crippen LogP contribution in [0, 0.1) is 0 Å². The van der Waals surface area contributed by atoms with Gasteiger partial charge in [0.05, 0.1) is 0 Å². The molecule has 0 radical (unpaired) electrons. The Morgan fingerprint density at radius 1 is 1.29 bits per heavy atom. The standard InChI is InChI=1S/C10H24N4/c1-4-6-8-12-10(13-11)14(3)9-7-5-2/h4-9,11H2,1-3H3,(H,12,13). The smallest absolute Gasteiger partial charge is 0.208 e. The molecule has 0 aliphatic rings. The molecule has 0 aromatic heterocycles. The number of nitrogens with zero attached hydrogens (tertiary/aromatic N) is 2. The number of guanidine groups is 1. The lowest BCUT2D eigenvalue weighted by Crippen LogP contribution is -2.43. The lowest BCUT2D eigenvalue weighted by atomic mass is 10.3. The van der Waals surface area contributed by atoms with Gasteiger partial charge >= 0.3 is 0 Å². The molecule has 4 heteroatoms. The van der Waals surface area contributed by atoms with Crippen molar-refractivity contribution in [3.8, 4) is 0 Å². The number of unbranched alkanes of at least 4 members (excludes halogenated alkanes) is 2. The molecule has 3 N–H and O–H groups in total. The van der Waals surface area contributed by atoms with Crippen molar-refractivity contribution in [3.05, 3.63) is 0 Å². The first-order chi connectivity index (χ1) is 6.76. The molecule has 0 bridgehead atoms. The van der Waals surface area contributed by atoms with Crippen LogP contribution in [0.3, 0.4) is 0 Å². The van der Waals surface area contributed by atoms with Gasteiger partial charge in [-0.1, -0.05) is 26.7 Å². The molecule has 0 aliphatic heterocycles. The molecule has 0 unspecified atom stereocenters. The second kappa shape index (κ2) is 8.81. The van der Waals surface area contributed by atoms with Crippen molar-refractivity contribution in [2.45, 2.75) is 39.5 Å². The molecule has 4 nitrogen and oxygen atoms in total. The number of hydrazine groups is 1. The van der Waals surface area contributed by atoms with Gasteiger partial charge in [-0.25, -0.2) is 5.84 Å².